The number of hydrogen-bond acceptors (Lipinski definition) is 2. The van der Waals surface area contributed by atoms with E-state index in [0.717, 1.165) is 6.42 Å². The molecule has 0 aliphatic heterocycles. The van der Waals surface area contributed by atoms with Crippen LogP contribution in [0.3, 0.4) is 0 Å². The second kappa shape index (κ2) is 7.95. The second-order valence-electron chi connectivity index (χ2n) is 5.16. The van der Waals surface area contributed by atoms with Crippen molar-refractivity contribution in [2.24, 2.45) is 0 Å². The van der Waals surface area contributed by atoms with Crippen LogP contribution < -0.4 is 5.32 Å². The molecular weight excluding hydrogens is 238 g/mol. The van der Waals surface area contributed by atoms with E-state index in [-0.39, 0.29) is 17.9 Å². The quantitative estimate of drug-likeness (QED) is 0.794. The molecule has 0 radical (unpaired) electrons. The fourth-order valence-corrected chi connectivity index (χ4v) is 2.18. The van der Waals surface area contributed by atoms with Crippen molar-refractivity contribution in [1.29, 1.82) is 0 Å². The number of aryl methyl sites for hydroxylation is 1. The molecule has 2 atom stereocenters. The zero-order valence-electron chi connectivity index (χ0n) is 12.1. The highest BCUT2D eigenvalue weighted by molar-refractivity contribution is 5.76. The molecule has 3 heteroatoms. The second-order valence-corrected chi connectivity index (χ2v) is 5.16. The van der Waals surface area contributed by atoms with E-state index in [9.17, 15) is 9.90 Å². The molecular formula is C16H25NO2. The molecule has 0 bridgehead atoms. The summed E-state index contributed by atoms with van der Waals surface area (Å²) in [5, 5.41) is 12.3. The SMILES string of the molecule is CCC(O)CCNC(=O)CC(C)c1ccccc1C. The topological polar surface area (TPSA) is 49.3 Å². The summed E-state index contributed by atoms with van der Waals surface area (Å²) in [4.78, 5) is 11.8. The minimum Gasteiger partial charge on any atom is -0.393 e. The highest BCUT2D eigenvalue weighted by atomic mass is 16.3. The normalized spacial score (nSPS) is 13.9. The summed E-state index contributed by atoms with van der Waals surface area (Å²) < 4.78 is 0. The Balaban J connectivity index is 2.38. The van der Waals surface area contributed by atoms with Gasteiger partial charge in [0.2, 0.25) is 5.91 Å². The van der Waals surface area contributed by atoms with Crippen molar-refractivity contribution in [3.05, 3.63) is 35.4 Å². The zero-order chi connectivity index (χ0) is 14.3. The molecule has 3 nitrogen and oxygen atoms in total. The van der Waals surface area contributed by atoms with Gasteiger partial charge in [-0.3, -0.25) is 4.79 Å². The van der Waals surface area contributed by atoms with Gasteiger partial charge in [0, 0.05) is 13.0 Å². The third-order valence-electron chi connectivity index (χ3n) is 3.48. The standard InChI is InChI=1S/C16H25NO2/c1-4-14(18)9-10-17-16(19)11-13(3)15-8-6-5-7-12(15)2/h5-8,13-14,18H,4,9-11H2,1-3H3,(H,17,19). The van der Waals surface area contributed by atoms with Crippen LogP contribution >= 0.6 is 0 Å². The van der Waals surface area contributed by atoms with Gasteiger partial charge in [0.25, 0.3) is 0 Å². The number of nitrogens with one attached hydrogen (secondary N) is 1. The largest absolute Gasteiger partial charge is 0.393 e. The van der Waals surface area contributed by atoms with Crippen LogP contribution in [0.2, 0.25) is 0 Å². The Morgan fingerprint density at radius 2 is 2.05 bits per heavy atom. The van der Waals surface area contributed by atoms with Gasteiger partial charge in [-0.15, -0.1) is 0 Å². The molecule has 0 saturated carbocycles. The molecule has 0 aliphatic carbocycles. The molecule has 1 amide bonds. The van der Waals surface area contributed by atoms with E-state index in [1.54, 1.807) is 0 Å². The van der Waals surface area contributed by atoms with Crippen LogP contribution in [0.4, 0.5) is 0 Å². The average molecular weight is 263 g/mol. The molecule has 2 unspecified atom stereocenters. The summed E-state index contributed by atoms with van der Waals surface area (Å²) in [6.45, 7) is 6.63. The predicted molar refractivity (Wildman–Crippen MR) is 78.1 cm³/mol. The Morgan fingerprint density at radius 1 is 1.37 bits per heavy atom. The molecule has 1 aromatic rings. The lowest BCUT2D eigenvalue weighted by Crippen LogP contribution is -2.27. The van der Waals surface area contributed by atoms with Gasteiger partial charge < -0.3 is 10.4 Å². The maximum Gasteiger partial charge on any atom is 0.220 e. The Morgan fingerprint density at radius 3 is 2.68 bits per heavy atom. The molecule has 19 heavy (non-hydrogen) atoms. The van der Waals surface area contributed by atoms with Gasteiger partial charge in [0.1, 0.15) is 0 Å². The van der Waals surface area contributed by atoms with Crippen molar-refractivity contribution in [2.45, 2.75) is 52.1 Å². The summed E-state index contributed by atoms with van der Waals surface area (Å²) in [5.74, 6) is 0.274. The summed E-state index contributed by atoms with van der Waals surface area (Å²) in [6.07, 6.45) is 1.54. The summed E-state index contributed by atoms with van der Waals surface area (Å²) in [5.41, 5.74) is 2.45. The number of carbonyl (C=O) groups excluding carboxylic acids is 1. The number of aliphatic hydroxyl groups is 1. The molecule has 106 valence electrons. The Hall–Kier alpha value is -1.35. The van der Waals surface area contributed by atoms with Gasteiger partial charge in [-0.1, -0.05) is 38.1 Å². The third kappa shape index (κ3) is 5.43. The van der Waals surface area contributed by atoms with Gasteiger partial charge in [0.05, 0.1) is 6.10 Å². The van der Waals surface area contributed by atoms with Crippen molar-refractivity contribution >= 4 is 5.91 Å². The first kappa shape index (κ1) is 15.7. The average Bonchev–Trinajstić information content (AvgIpc) is 2.38. The van der Waals surface area contributed by atoms with Crippen LogP contribution in [0.25, 0.3) is 0 Å². The van der Waals surface area contributed by atoms with Crippen LogP contribution in [0.1, 0.15) is 50.2 Å². The van der Waals surface area contributed by atoms with E-state index >= 15 is 0 Å². The number of amides is 1. The lowest BCUT2D eigenvalue weighted by Gasteiger charge is -2.15. The van der Waals surface area contributed by atoms with Gasteiger partial charge in [-0.25, -0.2) is 0 Å². The maximum absolute atomic E-state index is 11.8. The molecule has 0 saturated heterocycles. The first-order valence-corrected chi connectivity index (χ1v) is 7.04. The fraction of sp³-hybridized carbons (Fsp3) is 0.562. The lowest BCUT2D eigenvalue weighted by atomic mass is 9.93. The van der Waals surface area contributed by atoms with E-state index < -0.39 is 0 Å². The lowest BCUT2D eigenvalue weighted by molar-refractivity contribution is -0.121. The molecule has 0 heterocycles. The van der Waals surface area contributed by atoms with E-state index in [2.05, 4.69) is 31.3 Å². The summed E-state index contributed by atoms with van der Waals surface area (Å²) >= 11 is 0. The number of benzene rings is 1. The zero-order valence-corrected chi connectivity index (χ0v) is 12.1. The highest BCUT2D eigenvalue weighted by Crippen LogP contribution is 2.22. The van der Waals surface area contributed by atoms with Crippen molar-refractivity contribution in [3.63, 3.8) is 0 Å². The maximum atomic E-state index is 11.8. The molecule has 2 N–H and O–H groups in total. The summed E-state index contributed by atoms with van der Waals surface area (Å²) in [7, 11) is 0. The highest BCUT2D eigenvalue weighted by Gasteiger charge is 2.12. The number of carbonyl (C=O) groups is 1. The molecule has 0 spiro atoms. The monoisotopic (exact) mass is 263 g/mol. The van der Waals surface area contributed by atoms with E-state index in [4.69, 9.17) is 0 Å². The Labute approximate surface area is 116 Å². The smallest absolute Gasteiger partial charge is 0.220 e. The molecule has 0 fully saturated rings. The van der Waals surface area contributed by atoms with Gasteiger partial charge >= 0.3 is 0 Å². The Kier molecular flexibility index (Phi) is 6.57. The van der Waals surface area contributed by atoms with Crippen LogP contribution in [0.15, 0.2) is 24.3 Å². The minimum absolute atomic E-state index is 0.0547. The first-order valence-electron chi connectivity index (χ1n) is 7.04. The van der Waals surface area contributed by atoms with E-state index in [1.807, 2.05) is 19.1 Å². The number of rotatable bonds is 7. The van der Waals surface area contributed by atoms with Crippen molar-refractivity contribution in [3.8, 4) is 0 Å². The van der Waals surface area contributed by atoms with Crippen LogP contribution in [-0.2, 0) is 4.79 Å². The van der Waals surface area contributed by atoms with Gasteiger partial charge in [-0.2, -0.15) is 0 Å². The first-order chi connectivity index (χ1) is 9.04. The Bertz CT molecular complexity index is 403. The van der Waals surface area contributed by atoms with Crippen molar-refractivity contribution < 1.29 is 9.90 Å². The van der Waals surface area contributed by atoms with Gasteiger partial charge in [-0.05, 0) is 36.8 Å². The molecule has 0 aromatic heterocycles. The minimum atomic E-state index is -0.311. The number of aliphatic hydroxyl groups excluding tert-OH is 1. The van der Waals surface area contributed by atoms with Crippen molar-refractivity contribution in [2.75, 3.05) is 6.54 Å². The van der Waals surface area contributed by atoms with Crippen LogP contribution in [0, 0.1) is 6.92 Å². The third-order valence-corrected chi connectivity index (χ3v) is 3.48. The number of hydrogen-bond donors (Lipinski definition) is 2. The van der Waals surface area contributed by atoms with E-state index in [0.29, 0.717) is 19.4 Å². The van der Waals surface area contributed by atoms with Gasteiger partial charge in [0.15, 0.2) is 0 Å². The fourth-order valence-electron chi connectivity index (χ4n) is 2.18. The van der Waals surface area contributed by atoms with Crippen LogP contribution in [0.5, 0.6) is 0 Å². The molecule has 0 aliphatic rings. The molecule has 1 rings (SSSR count). The van der Waals surface area contributed by atoms with Crippen LogP contribution in [-0.4, -0.2) is 23.7 Å². The van der Waals surface area contributed by atoms with E-state index in [1.165, 1.54) is 11.1 Å². The molecule has 1 aromatic carbocycles. The predicted octanol–water partition coefficient (Wildman–Crippen LogP) is 2.77. The summed E-state index contributed by atoms with van der Waals surface area (Å²) in [6, 6.07) is 8.17. The van der Waals surface area contributed by atoms with Crippen molar-refractivity contribution in [1.82, 2.24) is 5.32 Å².